The van der Waals surface area contributed by atoms with Crippen LogP contribution in [-0.4, -0.2) is 31.1 Å². The third-order valence-electron chi connectivity index (χ3n) is 2.17. The third-order valence-corrected chi connectivity index (χ3v) is 2.17. The molecule has 8 nitrogen and oxygen atoms in total. The summed E-state index contributed by atoms with van der Waals surface area (Å²) in [7, 11) is 0. The van der Waals surface area contributed by atoms with Crippen LogP contribution in [0.2, 0.25) is 0 Å². The Labute approximate surface area is 102 Å². The van der Waals surface area contributed by atoms with Crippen molar-refractivity contribution >= 4 is 17.3 Å². The molecule has 96 valence electrons. The highest BCUT2D eigenvalue weighted by atomic mass is 16.6. The maximum absolute atomic E-state index is 10.8. The summed E-state index contributed by atoms with van der Waals surface area (Å²) in [4.78, 5) is 25.4. The number of carbonyl (C=O) groups is 1. The number of nitrogens with one attached hydrogen (secondary N) is 1. The van der Waals surface area contributed by atoms with Crippen LogP contribution in [0, 0.1) is 0 Å². The Morgan fingerprint density at radius 3 is 2.56 bits per heavy atom. The van der Waals surface area contributed by atoms with Gasteiger partial charge < -0.3 is 15.6 Å². The SMILES string of the molecule is CC(C)(C)c1nc(OC(N)=O)c2nc(O)[nH]c2n1. The smallest absolute Gasteiger partial charge is 0.411 e. The number of aromatic nitrogens is 4. The van der Waals surface area contributed by atoms with Gasteiger partial charge in [-0.05, 0) is 0 Å². The Morgan fingerprint density at radius 1 is 1.33 bits per heavy atom. The van der Waals surface area contributed by atoms with Crippen molar-refractivity contribution in [1.82, 2.24) is 19.9 Å². The molecule has 8 heteroatoms. The summed E-state index contributed by atoms with van der Waals surface area (Å²) in [5.74, 6) is 0.365. The van der Waals surface area contributed by atoms with Gasteiger partial charge in [0.25, 0.3) is 11.9 Å². The van der Waals surface area contributed by atoms with Crippen LogP contribution in [0.15, 0.2) is 0 Å². The van der Waals surface area contributed by atoms with Gasteiger partial charge in [0.05, 0.1) is 0 Å². The lowest BCUT2D eigenvalue weighted by Crippen LogP contribution is -2.20. The van der Waals surface area contributed by atoms with Crippen LogP contribution in [0.1, 0.15) is 26.6 Å². The molecule has 0 radical (unpaired) electrons. The standard InChI is InChI=1S/C10H13N5O3/c1-10(2,3)7-13-5-4(12-9(17)14-5)6(15-7)18-8(11)16/h1-3H3,(H2,11,16)(H2,12,13,14,15,17). The van der Waals surface area contributed by atoms with Crippen molar-refractivity contribution in [2.45, 2.75) is 26.2 Å². The first-order valence-corrected chi connectivity index (χ1v) is 5.22. The summed E-state index contributed by atoms with van der Waals surface area (Å²) in [6.07, 6.45) is -1.00. The Hall–Kier alpha value is -2.38. The van der Waals surface area contributed by atoms with Crippen molar-refractivity contribution in [2.75, 3.05) is 0 Å². The number of amides is 1. The maximum Gasteiger partial charge on any atom is 0.411 e. The number of aromatic hydroxyl groups is 1. The Kier molecular flexibility index (Phi) is 2.57. The van der Waals surface area contributed by atoms with E-state index < -0.39 is 6.09 Å². The second-order valence-corrected chi connectivity index (χ2v) is 4.78. The number of nitrogens with zero attached hydrogens (tertiary/aromatic N) is 3. The normalized spacial score (nSPS) is 11.7. The molecule has 0 saturated carbocycles. The van der Waals surface area contributed by atoms with E-state index in [1.54, 1.807) is 0 Å². The molecule has 2 rings (SSSR count). The van der Waals surface area contributed by atoms with E-state index in [4.69, 9.17) is 10.5 Å². The Morgan fingerprint density at radius 2 is 2.00 bits per heavy atom. The van der Waals surface area contributed by atoms with Gasteiger partial charge in [-0.2, -0.15) is 9.97 Å². The second kappa shape index (κ2) is 3.83. The molecule has 0 aliphatic carbocycles. The van der Waals surface area contributed by atoms with Crippen molar-refractivity contribution in [3.63, 3.8) is 0 Å². The summed E-state index contributed by atoms with van der Waals surface area (Å²) in [6, 6.07) is -0.334. The average Bonchev–Trinajstić information content (AvgIpc) is 2.56. The molecular weight excluding hydrogens is 238 g/mol. The van der Waals surface area contributed by atoms with Gasteiger partial charge in [-0.1, -0.05) is 20.8 Å². The van der Waals surface area contributed by atoms with Gasteiger partial charge in [0, 0.05) is 5.41 Å². The van der Waals surface area contributed by atoms with Crippen molar-refractivity contribution in [2.24, 2.45) is 5.73 Å². The van der Waals surface area contributed by atoms with E-state index in [1.165, 1.54) is 0 Å². The van der Waals surface area contributed by atoms with Gasteiger partial charge in [-0.15, -0.1) is 0 Å². The lowest BCUT2D eigenvalue weighted by molar-refractivity contribution is 0.209. The quantitative estimate of drug-likeness (QED) is 0.688. The Balaban J connectivity index is 2.67. The van der Waals surface area contributed by atoms with Gasteiger partial charge in [0.15, 0.2) is 11.2 Å². The molecule has 18 heavy (non-hydrogen) atoms. The molecule has 0 spiro atoms. The topological polar surface area (TPSA) is 127 Å². The van der Waals surface area contributed by atoms with Crippen molar-refractivity contribution in [1.29, 1.82) is 0 Å². The van der Waals surface area contributed by atoms with Crippen molar-refractivity contribution < 1.29 is 14.6 Å². The van der Waals surface area contributed by atoms with E-state index >= 15 is 0 Å². The van der Waals surface area contributed by atoms with Gasteiger partial charge in [-0.3, -0.25) is 4.98 Å². The zero-order valence-corrected chi connectivity index (χ0v) is 10.2. The zero-order valence-electron chi connectivity index (χ0n) is 10.2. The predicted octanol–water partition coefficient (Wildman–Crippen LogP) is 0.813. The molecule has 2 heterocycles. The summed E-state index contributed by atoms with van der Waals surface area (Å²) >= 11 is 0. The van der Waals surface area contributed by atoms with Gasteiger partial charge >= 0.3 is 6.09 Å². The number of H-pyrrole nitrogens is 1. The zero-order chi connectivity index (χ0) is 13.5. The summed E-state index contributed by atoms with van der Waals surface area (Å²) in [5.41, 5.74) is 5.04. The van der Waals surface area contributed by atoms with Crippen LogP contribution in [0.4, 0.5) is 4.79 Å². The Bertz CT molecular complexity index is 614. The molecule has 0 unspecified atom stereocenters. The van der Waals surface area contributed by atoms with Crippen LogP contribution < -0.4 is 10.5 Å². The molecule has 4 N–H and O–H groups in total. The fourth-order valence-corrected chi connectivity index (χ4v) is 1.36. The van der Waals surface area contributed by atoms with Crippen LogP contribution in [0.3, 0.4) is 0 Å². The fourth-order valence-electron chi connectivity index (χ4n) is 1.36. The number of rotatable bonds is 1. The monoisotopic (exact) mass is 251 g/mol. The number of primary amides is 1. The molecule has 0 atom stereocenters. The highest BCUT2D eigenvalue weighted by Gasteiger charge is 2.23. The molecule has 0 bridgehead atoms. The van der Waals surface area contributed by atoms with E-state index in [0.717, 1.165) is 0 Å². The van der Waals surface area contributed by atoms with Crippen LogP contribution in [0.25, 0.3) is 11.2 Å². The molecular formula is C10H13N5O3. The number of ether oxygens (including phenoxy) is 1. The van der Waals surface area contributed by atoms with Crippen LogP contribution in [-0.2, 0) is 5.41 Å². The van der Waals surface area contributed by atoms with E-state index in [1.807, 2.05) is 20.8 Å². The molecule has 1 amide bonds. The lowest BCUT2D eigenvalue weighted by atomic mass is 9.96. The first kappa shape index (κ1) is 12.1. The summed E-state index contributed by atoms with van der Waals surface area (Å²) < 4.78 is 4.77. The molecule has 0 aliphatic rings. The first-order chi connectivity index (χ1) is 8.27. The van der Waals surface area contributed by atoms with Gasteiger partial charge in [0.2, 0.25) is 0 Å². The van der Waals surface area contributed by atoms with E-state index in [-0.39, 0.29) is 28.5 Å². The van der Waals surface area contributed by atoms with E-state index in [0.29, 0.717) is 5.82 Å². The van der Waals surface area contributed by atoms with Gasteiger partial charge in [0.1, 0.15) is 5.82 Å². The number of imidazole rings is 1. The number of hydrogen-bond acceptors (Lipinski definition) is 6. The molecule has 2 aromatic rings. The predicted molar refractivity (Wildman–Crippen MR) is 62.3 cm³/mol. The average molecular weight is 251 g/mol. The minimum absolute atomic E-state index is 0.0750. The highest BCUT2D eigenvalue weighted by Crippen LogP contribution is 2.27. The van der Waals surface area contributed by atoms with Crippen molar-refractivity contribution in [3.05, 3.63) is 5.82 Å². The van der Waals surface area contributed by atoms with E-state index in [9.17, 15) is 9.90 Å². The number of hydrogen-bond donors (Lipinski definition) is 3. The minimum atomic E-state index is -1.00. The molecule has 0 fully saturated rings. The van der Waals surface area contributed by atoms with Crippen LogP contribution in [0.5, 0.6) is 11.9 Å². The number of nitrogens with two attached hydrogens (primary N) is 1. The third kappa shape index (κ3) is 2.17. The number of aromatic amines is 1. The molecule has 2 aromatic heterocycles. The second-order valence-electron chi connectivity index (χ2n) is 4.78. The highest BCUT2D eigenvalue weighted by molar-refractivity contribution is 5.80. The largest absolute Gasteiger partial charge is 0.480 e. The molecule has 0 aromatic carbocycles. The number of carbonyl (C=O) groups excluding carboxylic acids is 1. The first-order valence-electron chi connectivity index (χ1n) is 5.22. The van der Waals surface area contributed by atoms with Crippen LogP contribution >= 0.6 is 0 Å². The minimum Gasteiger partial charge on any atom is -0.480 e. The molecule has 0 aliphatic heterocycles. The lowest BCUT2D eigenvalue weighted by Gasteiger charge is -2.16. The number of fused-ring (bicyclic) bond motifs is 1. The maximum atomic E-state index is 10.8. The molecule has 0 saturated heterocycles. The summed E-state index contributed by atoms with van der Waals surface area (Å²) in [6.45, 7) is 5.70. The van der Waals surface area contributed by atoms with Gasteiger partial charge in [-0.25, -0.2) is 9.78 Å². The van der Waals surface area contributed by atoms with E-state index in [2.05, 4.69) is 19.9 Å². The fraction of sp³-hybridized carbons (Fsp3) is 0.400. The summed E-state index contributed by atoms with van der Waals surface area (Å²) in [5, 5.41) is 9.30. The van der Waals surface area contributed by atoms with Crippen molar-refractivity contribution in [3.8, 4) is 11.9 Å².